The molecule has 0 unspecified atom stereocenters. The number of carbonyl (C=O) groups excluding carboxylic acids is 1. The number of nitrogens with two attached hydrogens (primary N) is 1. The molecule has 0 bridgehead atoms. The summed E-state index contributed by atoms with van der Waals surface area (Å²) in [5, 5.41) is 5.68. The number of primary amides is 1. The highest BCUT2D eigenvalue weighted by Gasteiger charge is 2.15. The molecule has 0 fully saturated rings. The fourth-order valence-corrected chi connectivity index (χ4v) is 3.21. The van der Waals surface area contributed by atoms with E-state index in [4.69, 9.17) is 22.1 Å². The Kier molecular flexibility index (Phi) is 7.90. The summed E-state index contributed by atoms with van der Waals surface area (Å²) >= 11 is 5.94. The summed E-state index contributed by atoms with van der Waals surface area (Å²) in [5.74, 6) is -0.624. The molecule has 12 heteroatoms. The van der Waals surface area contributed by atoms with Gasteiger partial charge in [0, 0.05) is 29.9 Å². The van der Waals surface area contributed by atoms with E-state index in [1.165, 1.54) is 16.7 Å². The number of amides is 2. The van der Waals surface area contributed by atoms with Crippen molar-refractivity contribution in [3.05, 3.63) is 79.8 Å². The zero-order valence-electron chi connectivity index (χ0n) is 18.5. The molecule has 0 atom stereocenters. The Bertz CT molecular complexity index is 1290. The van der Waals surface area contributed by atoms with Gasteiger partial charge in [0.25, 0.3) is 0 Å². The first kappa shape index (κ1) is 24.8. The summed E-state index contributed by atoms with van der Waals surface area (Å²) in [6.07, 6.45) is -0.212. The zero-order chi connectivity index (χ0) is 24.8. The number of urea groups is 1. The van der Waals surface area contributed by atoms with Gasteiger partial charge in [-0.1, -0.05) is 23.7 Å². The quantitative estimate of drug-likeness (QED) is 0.422. The van der Waals surface area contributed by atoms with Gasteiger partial charge in [-0.25, -0.2) is 23.3 Å². The average Bonchev–Trinajstić information content (AvgIpc) is 2.76. The molecule has 0 saturated carbocycles. The Morgan fingerprint density at radius 1 is 1.18 bits per heavy atom. The van der Waals surface area contributed by atoms with Crippen LogP contribution >= 0.6 is 11.6 Å². The van der Waals surface area contributed by atoms with Gasteiger partial charge in [0.15, 0.2) is 11.6 Å². The SMILES string of the molecule is CC(C)Oc1ccc(Nc2nc(=O)n(CCNC(N)=O)c(=O)n2Cc2ccc(Cl)cc2)cc1F. The first-order chi connectivity index (χ1) is 16.1. The number of nitrogens with zero attached hydrogens (tertiary/aromatic N) is 3. The Balaban J connectivity index is 2.00. The minimum Gasteiger partial charge on any atom is -0.488 e. The van der Waals surface area contributed by atoms with Gasteiger partial charge in [0.2, 0.25) is 5.95 Å². The van der Waals surface area contributed by atoms with Gasteiger partial charge in [-0.15, -0.1) is 0 Å². The van der Waals surface area contributed by atoms with Crippen molar-refractivity contribution in [2.75, 3.05) is 11.9 Å². The first-order valence-electron chi connectivity index (χ1n) is 10.4. The first-order valence-corrected chi connectivity index (χ1v) is 10.7. The highest BCUT2D eigenvalue weighted by atomic mass is 35.5. The number of anilines is 2. The summed E-state index contributed by atoms with van der Waals surface area (Å²) in [6.45, 7) is 3.43. The lowest BCUT2D eigenvalue weighted by atomic mass is 10.2. The predicted octanol–water partition coefficient (Wildman–Crippen LogP) is 2.44. The molecule has 10 nitrogen and oxygen atoms in total. The number of halogens is 2. The van der Waals surface area contributed by atoms with Gasteiger partial charge in [0.1, 0.15) is 0 Å². The van der Waals surface area contributed by atoms with E-state index in [0.29, 0.717) is 10.6 Å². The lowest BCUT2D eigenvalue weighted by molar-refractivity contribution is 0.231. The molecule has 2 amide bonds. The number of benzene rings is 2. The Labute approximate surface area is 199 Å². The van der Waals surface area contributed by atoms with Crippen molar-refractivity contribution in [1.82, 2.24) is 19.4 Å². The smallest absolute Gasteiger partial charge is 0.355 e. The molecule has 0 aliphatic rings. The van der Waals surface area contributed by atoms with Gasteiger partial charge in [-0.2, -0.15) is 4.98 Å². The van der Waals surface area contributed by atoms with Crippen molar-refractivity contribution in [3.8, 4) is 5.75 Å². The molecule has 180 valence electrons. The van der Waals surface area contributed by atoms with E-state index < -0.39 is 23.2 Å². The van der Waals surface area contributed by atoms with Gasteiger partial charge >= 0.3 is 17.4 Å². The summed E-state index contributed by atoms with van der Waals surface area (Å²) in [5.41, 5.74) is 4.50. The van der Waals surface area contributed by atoms with E-state index >= 15 is 0 Å². The van der Waals surface area contributed by atoms with Crippen molar-refractivity contribution in [2.24, 2.45) is 5.73 Å². The van der Waals surface area contributed by atoms with Crippen LogP contribution < -0.4 is 32.5 Å². The zero-order valence-corrected chi connectivity index (χ0v) is 19.3. The largest absolute Gasteiger partial charge is 0.488 e. The molecular formula is C22H24ClFN6O4. The Morgan fingerprint density at radius 3 is 2.50 bits per heavy atom. The highest BCUT2D eigenvalue weighted by Crippen LogP contribution is 2.24. The number of aromatic nitrogens is 3. The normalized spacial score (nSPS) is 10.9. The van der Waals surface area contributed by atoms with Crippen LogP contribution in [0.2, 0.25) is 5.02 Å². The highest BCUT2D eigenvalue weighted by molar-refractivity contribution is 6.30. The average molecular weight is 491 g/mol. The number of rotatable bonds is 9. The topological polar surface area (TPSA) is 133 Å². The molecule has 4 N–H and O–H groups in total. The number of hydrogen-bond acceptors (Lipinski definition) is 6. The van der Waals surface area contributed by atoms with E-state index in [0.717, 1.165) is 4.57 Å². The monoisotopic (exact) mass is 490 g/mol. The van der Waals surface area contributed by atoms with E-state index in [9.17, 15) is 18.8 Å². The molecule has 0 spiro atoms. The van der Waals surface area contributed by atoms with Gasteiger partial charge in [-0.05, 0) is 43.7 Å². The van der Waals surface area contributed by atoms with Crippen LogP contribution in [0.3, 0.4) is 0 Å². The van der Waals surface area contributed by atoms with Crippen LogP contribution in [0.1, 0.15) is 19.4 Å². The molecule has 0 saturated heterocycles. The maximum absolute atomic E-state index is 14.4. The van der Waals surface area contributed by atoms with Gasteiger partial charge in [0.05, 0.1) is 12.6 Å². The van der Waals surface area contributed by atoms with Crippen molar-refractivity contribution in [2.45, 2.75) is 33.0 Å². The third-order valence-electron chi connectivity index (χ3n) is 4.59. The fourth-order valence-electron chi connectivity index (χ4n) is 3.08. The van der Waals surface area contributed by atoms with Gasteiger partial charge in [-0.3, -0.25) is 4.57 Å². The van der Waals surface area contributed by atoms with E-state index in [-0.39, 0.29) is 43.1 Å². The molecule has 34 heavy (non-hydrogen) atoms. The van der Waals surface area contributed by atoms with Crippen LogP contribution in [0.4, 0.5) is 20.8 Å². The second-order valence-corrected chi connectivity index (χ2v) is 8.03. The minimum atomic E-state index is -0.841. The van der Waals surface area contributed by atoms with Crippen molar-refractivity contribution < 1.29 is 13.9 Å². The molecule has 0 aliphatic carbocycles. The second-order valence-electron chi connectivity index (χ2n) is 7.59. The van der Waals surface area contributed by atoms with Crippen LogP contribution in [0, 0.1) is 5.82 Å². The number of carbonyl (C=O) groups is 1. The third-order valence-corrected chi connectivity index (χ3v) is 4.84. The summed E-state index contributed by atoms with van der Waals surface area (Å²) in [6, 6.07) is 10.2. The van der Waals surface area contributed by atoms with Crippen molar-refractivity contribution in [3.63, 3.8) is 0 Å². The molecule has 1 heterocycles. The van der Waals surface area contributed by atoms with Crippen LogP contribution in [0.25, 0.3) is 0 Å². The molecule has 0 aliphatic heterocycles. The summed E-state index contributed by atoms with van der Waals surface area (Å²) in [7, 11) is 0. The lowest BCUT2D eigenvalue weighted by Gasteiger charge is -2.16. The summed E-state index contributed by atoms with van der Waals surface area (Å²) < 4.78 is 21.9. The number of hydrogen-bond donors (Lipinski definition) is 3. The third kappa shape index (κ3) is 6.35. The van der Waals surface area contributed by atoms with Crippen LogP contribution in [0.15, 0.2) is 52.1 Å². The fraction of sp³-hybridized carbons (Fsp3) is 0.273. The minimum absolute atomic E-state index is 0.0393. The Hall–Kier alpha value is -3.86. The molecule has 3 aromatic rings. The molecular weight excluding hydrogens is 467 g/mol. The van der Waals surface area contributed by atoms with Crippen LogP contribution in [0.5, 0.6) is 5.75 Å². The van der Waals surface area contributed by atoms with E-state index in [2.05, 4.69) is 15.6 Å². The number of nitrogens with one attached hydrogen (secondary N) is 2. The van der Waals surface area contributed by atoms with Crippen molar-refractivity contribution >= 4 is 29.3 Å². The van der Waals surface area contributed by atoms with Crippen molar-refractivity contribution in [1.29, 1.82) is 0 Å². The molecule has 3 rings (SSSR count). The van der Waals surface area contributed by atoms with Gasteiger partial charge < -0.3 is 21.1 Å². The van der Waals surface area contributed by atoms with E-state index in [1.807, 2.05) is 0 Å². The summed E-state index contributed by atoms with van der Waals surface area (Å²) in [4.78, 5) is 40.6. The number of ether oxygens (including phenoxy) is 1. The second kappa shape index (κ2) is 10.8. The molecule has 2 aromatic carbocycles. The van der Waals surface area contributed by atoms with Crippen LogP contribution in [-0.2, 0) is 13.1 Å². The predicted molar refractivity (Wildman–Crippen MR) is 126 cm³/mol. The van der Waals surface area contributed by atoms with Crippen LogP contribution in [-0.4, -0.2) is 32.8 Å². The maximum Gasteiger partial charge on any atom is 0.355 e. The lowest BCUT2D eigenvalue weighted by Crippen LogP contribution is -2.45. The molecule has 1 aromatic heterocycles. The maximum atomic E-state index is 14.4. The molecule has 0 radical (unpaired) electrons. The standard InChI is InChI=1S/C22H24ClFN6O4/c1-13(2)34-18-8-7-16(11-17(18)24)27-20-28-21(32)29(10-9-26-19(25)31)22(33)30(20)12-14-3-5-15(23)6-4-14/h3-8,11,13H,9-10,12H2,1-2H3,(H3,25,26,31)(H,27,28,32). The Morgan fingerprint density at radius 2 is 1.88 bits per heavy atom. The van der Waals surface area contributed by atoms with E-state index in [1.54, 1.807) is 44.2 Å².